The van der Waals surface area contributed by atoms with Crippen LogP contribution in [0.4, 0.5) is 5.69 Å². The van der Waals surface area contributed by atoms with Gasteiger partial charge in [0.25, 0.3) is 5.91 Å². The Morgan fingerprint density at radius 1 is 1.00 bits per heavy atom. The summed E-state index contributed by atoms with van der Waals surface area (Å²) >= 11 is 0. The van der Waals surface area contributed by atoms with Crippen LogP contribution in [-0.4, -0.2) is 36.2 Å². The van der Waals surface area contributed by atoms with Crippen molar-refractivity contribution in [2.75, 3.05) is 12.4 Å². The Balaban J connectivity index is 1.49. The smallest absolute Gasteiger partial charge is 0.265 e. The van der Waals surface area contributed by atoms with Crippen molar-refractivity contribution in [3.63, 3.8) is 0 Å². The van der Waals surface area contributed by atoms with E-state index >= 15 is 0 Å². The Morgan fingerprint density at radius 2 is 1.78 bits per heavy atom. The summed E-state index contributed by atoms with van der Waals surface area (Å²) in [5.41, 5.74) is 3.64. The highest BCUT2D eigenvalue weighted by molar-refractivity contribution is 6.17. The minimum absolute atomic E-state index is 0.0658. The molecule has 1 heterocycles. The van der Waals surface area contributed by atoms with Gasteiger partial charge in [-0.25, -0.2) is 0 Å². The molecular formula is C30H32N2O4. The molecule has 1 atom stereocenters. The van der Waals surface area contributed by atoms with Crippen LogP contribution in [0.3, 0.4) is 0 Å². The minimum atomic E-state index is -0.642. The quantitative estimate of drug-likeness (QED) is 0.384. The summed E-state index contributed by atoms with van der Waals surface area (Å²) in [4.78, 5) is 31.1. The van der Waals surface area contributed by atoms with E-state index in [2.05, 4.69) is 19.2 Å². The number of hydrogen-bond acceptors (Lipinski definition) is 5. The maximum absolute atomic E-state index is 13.3. The molecule has 0 spiro atoms. The van der Waals surface area contributed by atoms with Crippen molar-refractivity contribution in [1.82, 2.24) is 0 Å². The zero-order valence-corrected chi connectivity index (χ0v) is 21.2. The Bertz CT molecular complexity index is 1280. The van der Waals surface area contributed by atoms with Gasteiger partial charge in [-0.1, -0.05) is 43.3 Å². The number of aliphatic imine (C=N–C) groups is 1. The maximum atomic E-state index is 13.3. The number of fused-ring (bicyclic) bond motifs is 1. The first-order chi connectivity index (χ1) is 17.3. The van der Waals surface area contributed by atoms with E-state index in [-0.39, 0.29) is 23.7 Å². The molecule has 1 N–H and O–H groups in total. The van der Waals surface area contributed by atoms with E-state index in [1.165, 1.54) is 0 Å². The van der Waals surface area contributed by atoms with Gasteiger partial charge in [0.1, 0.15) is 11.5 Å². The van der Waals surface area contributed by atoms with Crippen LogP contribution in [0, 0.1) is 0 Å². The average Bonchev–Trinajstić information content (AvgIpc) is 2.87. The highest BCUT2D eigenvalue weighted by Crippen LogP contribution is 2.31. The molecule has 0 radical (unpaired) electrons. The van der Waals surface area contributed by atoms with E-state index in [9.17, 15) is 9.59 Å². The fourth-order valence-electron chi connectivity index (χ4n) is 4.40. The first-order valence-corrected chi connectivity index (χ1v) is 12.2. The van der Waals surface area contributed by atoms with Gasteiger partial charge in [-0.3, -0.25) is 14.6 Å². The number of benzene rings is 3. The van der Waals surface area contributed by atoms with Crippen LogP contribution in [0.5, 0.6) is 11.5 Å². The van der Waals surface area contributed by atoms with Gasteiger partial charge >= 0.3 is 0 Å². The second-order valence-electron chi connectivity index (χ2n) is 9.57. The molecule has 0 bridgehead atoms. The molecule has 4 rings (SSSR count). The topological polar surface area (TPSA) is 77.0 Å². The largest absolute Gasteiger partial charge is 0.497 e. The molecule has 0 aliphatic carbocycles. The predicted molar refractivity (Wildman–Crippen MR) is 142 cm³/mol. The molecule has 3 aromatic rings. The molecule has 1 unspecified atom stereocenters. The van der Waals surface area contributed by atoms with Crippen LogP contribution in [0.25, 0.3) is 0 Å². The molecule has 36 heavy (non-hydrogen) atoms. The summed E-state index contributed by atoms with van der Waals surface area (Å²) in [5, 5.41) is 2.89. The van der Waals surface area contributed by atoms with Crippen LogP contribution in [0.2, 0.25) is 0 Å². The van der Waals surface area contributed by atoms with Crippen LogP contribution in [-0.2, 0) is 11.2 Å². The Hall–Kier alpha value is -3.93. The lowest BCUT2D eigenvalue weighted by Crippen LogP contribution is -2.32. The number of nitrogens with zero attached hydrogens (tertiary/aromatic N) is 1. The van der Waals surface area contributed by atoms with Crippen LogP contribution >= 0.6 is 0 Å². The van der Waals surface area contributed by atoms with Crippen molar-refractivity contribution in [2.45, 2.75) is 51.7 Å². The van der Waals surface area contributed by atoms with Crippen molar-refractivity contribution in [2.24, 2.45) is 4.99 Å². The Morgan fingerprint density at radius 3 is 2.50 bits per heavy atom. The lowest BCUT2D eigenvalue weighted by Gasteiger charge is -2.29. The summed E-state index contributed by atoms with van der Waals surface area (Å²) in [7, 11) is 1.63. The van der Waals surface area contributed by atoms with E-state index in [0.29, 0.717) is 23.4 Å². The number of ether oxygens (including phenoxy) is 2. The number of hydrogen-bond donors (Lipinski definition) is 1. The monoisotopic (exact) mass is 484 g/mol. The summed E-state index contributed by atoms with van der Waals surface area (Å²) in [5.74, 6) is 1.05. The minimum Gasteiger partial charge on any atom is -0.497 e. The fourth-order valence-corrected chi connectivity index (χ4v) is 4.40. The molecule has 6 heteroatoms. The number of Topliss-reactive ketones (excluding diaryl/α,β-unsaturated/α-hetero) is 1. The van der Waals surface area contributed by atoms with Crippen molar-refractivity contribution in [3.8, 4) is 11.5 Å². The molecule has 1 amide bonds. The lowest BCUT2D eigenvalue weighted by atomic mass is 9.85. The summed E-state index contributed by atoms with van der Waals surface area (Å²) < 4.78 is 11.2. The highest BCUT2D eigenvalue weighted by Gasteiger charge is 2.28. The Kier molecular flexibility index (Phi) is 7.53. The van der Waals surface area contributed by atoms with Gasteiger partial charge in [0.05, 0.1) is 24.8 Å². The SMILES string of the molecule is CCC(Oc1ccccc1)C(=O)Nc1cccc(C(=O)CC2=NC(C)(C)Cc3ccc(OC)cc32)c1. The molecule has 3 aromatic carbocycles. The maximum Gasteiger partial charge on any atom is 0.265 e. The average molecular weight is 485 g/mol. The standard InChI is InChI=1S/C30H32N2O4/c1-5-28(36-23-12-7-6-8-13-23)29(34)31-22-11-9-10-20(16-22)27(33)18-26-25-17-24(35-4)15-14-21(25)19-30(2,3)32-26/h6-17,28H,5,18-19H2,1-4H3,(H,31,34). The van der Waals surface area contributed by atoms with Crippen LogP contribution in [0.15, 0.2) is 77.8 Å². The summed E-state index contributed by atoms with van der Waals surface area (Å²) in [6, 6.07) is 22.2. The van der Waals surface area contributed by atoms with Crippen molar-refractivity contribution in [1.29, 1.82) is 0 Å². The number of anilines is 1. The number of ketones is 1. The number of carbonyl (C=O) groups excluding carboxylic acids is 2. The third kappa shape index (κ3) is 6.00. The van der Waals surface area contributed by atoms with Crippen LogP contribution in [0.1, 0.15) is 55.1 Å². The van der Waals surface area contributed by atoms with Crippen molar-refractivity contribution in [3.05, 3.63) is 89.5 Å². The molecule has 186 valence electrons. The normalized spacial score (nSPS) is 14.7. The molecule has 1 aliphatic heterocycles. The van der Waals surface area contributed by atoms with Crippen LogP contribution < -0.4 is 14.8 Å². The Labute approximate surface area is 212 Å². The first kappa shape index (κ1) is 25.2. The second-order valence-corrected chi connectivity index (χ2v) is 9.57. The van der Waals surface area contributed by atoms with Gasteiger partial charge in [0.2, 0.25) is 0 Å². The van der Waals surface area contributed by atoms with Gasteiger partial charge in [-0.05, 0) is 68.7 Å². The molecule has 6 nitrogen and oxygen atoms in total. The lowest BCUT2D eigenvalue weighted by molar-refractivity contribution is -0.122. The number of para-hydroxylation sites is 1. The second kappa shape index (κ2) is 10.8. The molecular weight excluding hydrogens is 452 g/mol. The van der Waals surface area contributed by atoms with Gasteiger partial charge in [-0.15, -0.1) is 0 Å². The molecule has 0 saturated heterocycles. The van der Waals surface area contributed by atoms with Gasteiger partial charge < -0.3 is 14.8 Å². The van der Waals surface area contributed by atoms with E-state index < -0.39 is 6.10 Å². The van der Waals surface area contributed by atoms with Gasteiger partial charge in [0.15, 0.2) is 11.9 Å². The third-order valence-corrected chi connectivity index (χ3v) is 6.15. The number of nitrogens with one attached hydrogen (secondary N) is 1. The van der Waals surface area contributed by atoms with E-state index in [1.54, 1.807) is 31.4 Å². The van der Waals surface area contributed by atoms with Crippen molar-refractivity contribution >= 4 is 23.1 Å². The van der Waals surface area contributed by atoms with E-state index in [0.717, 1.165) is 29.0 Å². The van der Waals surface area contributed by atoms with Crippen molar-refractivity contribution < 1.29 is 19.1 Å². The van der Waals surface area contributed by atoms with Gasteiger partial charge in [0, 0.05) is 16.8 Å². The predicted octanol–water partition coefficient (Wildman–Crippen LogP) is 5.89. The zero-order valence-electron chi connectivity index (χ0n) is 21.2. The fraction of sp³-hybridized carbons (Fsp3) is 0.300. The highest BCUT2D eigenvalue weighted by atomic mass is 16.5. The molecule has 1 aliphatic rings. The molecule has 0 aromatic heterocycles. The van der Waals surface area contributed by atoms with E-state index in [1.807, 2.05) is 55.5 Å². The number of amides is 1. The molecule has 0 saturated carbocycles. The first-order valence-electron chi connectivity index (χ1n) is 12.2. The number of methoxy groups -OCH3 is 1. The summed E-state index contributed by atoms with van der Waals surface area (Å²) in [6.45, 7) is 6.04. The third-order valence-electron chi connectivity index (χ3n) is 6.15. The van der Waals surface area contributed by atoms with E-state index in [4.69, 9.17) is 14.5 Å². The summed E-state index contributed by atoms with van der Waals surface area (Å²) in [6.07, 6.45) is 0.833. The zero-order chi connectivity index (χ0) is 25.7. The molecule has 0 fully saturated rings. The van der Waals surface area contributed by atoms with Gasteiger partial charge in [-0.2, -0.15) is 0 Å². The number of carbonyl (C=O) groups is 2. The number of rotatable bonds is 9.